The van der Waals surface area contributed by atoms with E-state index in [2.05, 4.69) is 37.9 Å². The lowest BCUT2D eigenvalue weighted by molar-refractivity contribution is -0.121. The second-order valence-corrected chi connectivity index (χ2v) is 7.43. The maximum atomic E-state index is 11.7. The number of ether oxygens (including phenoxy) is 1. The van der Waals surface area contributed by atoms with Crippen molar-refractivity contribution in [2.75, 3.05) is 27.2 Å². The fourth-order valence-electron chi connectivity index (χ4n) is 4.39. The first kappa shape index (κ1) is 14.9. The Balaban J connectivity index is 2.01. The summed E-state index contributed by atoms with van der Waals surface area (Å²) in [4.78, 5) is 2.36. The lowest BCUT2D eigenvalue weighted by Crippen LogP contribution is -2.49. The van der Waals surface area contributed by atoms with E-state index in [-0.39, 0.29) is 5.41 Å². The molecule has 2 aliphatic rings. The molecule has 1 aromatic rings. The van der Waals surface area contributed by atoms with E-state index in [1.54, 1.807) is 7.11 Å². The van der Waals surface area contributed by atoms with E-state index < -0.39 is 5.60 Å². The zero-order valence-corrected chi connectivity index (χ0v) is 13.6. The molecule has 3 heteroatoms. The van der Waals surface area contributed by atoms with Gasteiger partial charge >= 0.3 is 0 Å². The molecule has 3 nitrogen and oxygen atoms in total. The van der Waals surface area contributed by atoms with Crippen LogP contribution in [0.15, 0.2) is 18.2 Å². The van der Waals surface area contributed by atoms with E-state index in [1.165, 1.54) is 5.56 Å². The van der Waals surface area contributed by atoms with Crippen molar-refractivity contribution >= 4 is 0 Å². The number of piperidine rings is 1. The normalized spacial score (nSPS) is 29.4. The fourth-order valence-corrected chi connectivity index (χ4v) is 4.39. The van der Waals surface area contributed by atoms with Gasteiger partial charge in [0.2, 0.25) is 0 Å². The molecule has 1 saturated heterocycles. The van der Waals surface area contributed by atoms with Crippen LogP contribution in [0, 0.1) is 11.3 Å². The maximum absolute atomic E-state index is 11.7. The number of rotatable bonds is 2. The summed E-state index contributed by atoms with van der Waals surface area (Å²) in [5, 5.41) is 11.7. The summed E-state index contributed by atoms with van der Waals surface area (Å²) in [7, 11) is 3.86. The Morgan fingerprint density at radius 2 is 1.90 bits per heavy atom. The molecule has 1 unspecified atom stereocenters. The Labute approximate surface area is 127 Å². The molecule has 1 aliphatic heterocycles. The van der Waals surface area contributed by atoms with Crippen LogP contribution < -0.4 is 4.74 Å². The largest absolute Gasteiger partial charge is 0.497 e. The Hall–Kier alpha value is -1.06. The summed E-state index contributed by atoms with van der Waals surface area (Å²) in [6.07, 6.45) is 3.06. The summed E-state index contributed by atoms with van der Waals surface area (Å²) in [6.45, 7) is 6.57. The zero-order valence-electron chi connectivity index (χ0n) is 13.6. The molecule has 116 valence electrons. The minimum Gasteiger partial charge on any atom is -0.497 e. The third-order valence-electron chi connectivity index (χ3n) is 5.70. The van der Waals surface area contributed by atoms with Gasteiger partial charge in [-0.3, -0.25) is 0 Å². The van der Waals surface area contributed by atoms with Gasteiger partial charge in [-0.15, -0.1) is 0 Å². The molecule has 3 rings (SSSR count). The van der Waals surface area contributed by atoms with Gasteiger partial charge in [0.05, 0.1) is 12.7 Å². The molecule has 1 atom stereocenters. The maximum Gasteiger partial charge on any atom is 0.119 e. The summed E-state index contributed by atoms with van der Waals surface area (Å²) >= 11 is 0. The third kappa shape index (κ3) is 2.18. The minimum atomic E-state index is -0.712. The first-order chi connectivity index (χ1) is 9.88. The van der Waals surface area contributed by atoms with Crippen molar-refractivity contribution in [3.8, 4) is 5.75 Å². The van der Waals surface area contributed by atoms with Gasteiger partial charge in [-0.2, -0.15) is 0 Å². The topological polar surface area (TPSA) is 32.7 Å². The molecular weight excluding hydrogens is 262 g/mol. The summed E-state index contributed by atoms with van der Waals surface area (Å²) in [5.41, 5.74) is 1.54. The predicted molar refractivity (Wildman–Crippen MR) is 84.6 cm³/mol. The number of hydrogen-bond donors (Lipinski definition) is 1. The second-order valence-electron chi connectivity index (χ2n) is 7.43. The standard InChI is InChI=1S/C18H27NO2/c1-17(2)12-13-11-15(21-4)5-6-16(13)18(17,20)14-7-9-19(3)10-8-14/h5-6,11,14,20H,7-10,12H2,1-4H3. The van der Waals surface area contributed by atoms with Crippen molar-refractivity contribution in [1.82, 2.24) is 4.90 Å². The first-order valence-corrected chi connectivity index (χ1v) is 7.97. The number of nitrogens with zero attached hydrogens (tertiary/aromatic N) is 1. The number of fused-ring (bicyclic) bond motifs is 1. The molecule has 0 saturated carbocycles. The molecule has 1 N–H and O–H groups in total. The predicted octanol–water partition coefficient (Wildman–Crippen LogP) is 2.81. The monoisotopic (exact) mass is 289 g/mol. The van der Waals surface area contributed by atoms with Crippen LogP contribution in [0.25, 0.3) is 0 Å². The highest BCUT2D eigenvalue weighted by atomic mass is 16.5. The summed E-state index contributed by atoms with van der Waals surface area (Å²) in [6, 6.07) is 6.17. The van der Waals surface area contributed by atoms with Crippen LogP contribution >= 0.6 is 0 Å². The van der Waals surface area contributed by atoms with Gasteiger partial charge < -0.3 is 14.7 Å². The van der Waals surface area contributed by atoms with E-state index in [1.807, 2.05) is 6.07 Å². The van der Waals surface area contributed by atoms with Crippen LogP contribution in [0.5, 0.6) is 5.75 Å². The van der Waals surface area contributed by atoms with Gasteiger partial charge in [0.25, 0.3) is 0 Å². The zero-order chi connectivity index (χ0) is 15.3. The SMILES string of the molecule is COc1ccc2c(c1)CC(C)(C)C2(O)C1CCN(C)CC1. The van der Waals surface area contributed by atoms with E-state index >= 15 is 0 Å². The number of likely N-dealkylation sites (tertiary alicyclic amines) is 1. The van der Waals surface area contributed by atoms with Crippen molar-refractivity contribution in [2.45, 2.75) is 38.7 Å². The van der Waals surface area contributed by atoms with Crippen molar-refractivity contribution in [3.05, 3.63) is 29.3 Å². The number of methoxy groups -OCH3 is 1. The third-order valence-corrected chi connectivity index (χ3v) is 5.70. The summed E-state index contributed by atoms with van der Waals surface area (Å²) in [5.74, 6) is 1.23. The van der Waals surface area contributed by atoms with Gasteiger partial charge in [0, 0.05) is 5.41 Å². The fraction of sp³-hybridized carbons (Fsp3) is 0.667. The highest BCUT2D eigenvalue weighted by Gasteiger charge is 2.55. The molecule has 0 bridgehead atoms. The van der Waals surface area contributed by atoms with Crippen LogP contribution in [-0.2, 0) is 12.0 Å². The van der Waals surface area contributed by atoms with Gasteiger partial charge in [0.15, 0.2) is 0 Å². The molecule has 0 radical (unpaired) electrons. The smallest absolute Gasteiger partial charge is 0.119 e. The van der Waals surface area contributed by atoms with Gasteiger partial charge in [-0.1, -0.05) is 19.9 Å². The Bertz CT molecular complexity index is 532. The Kier molecular flexibility index (Phi) is 3.53. The molecule has 0 aromatic heterocycles. The van der Waals surface area contributed by atoms with Crippen LogP contribution in [0.1, 0.15) is 37.8 Å². The van der Waals surface area contributed by atoms with Crippen LogP contribution in [0.2, 0.25) is 0 Å². The Morgan fingerprint density at radius 1 is 1.24 bits per heavy atom. The minimum absolute atomic E-state index is 0.123. The molecule has 1 aromatic carbocycles. The van der Waals surface area contributed by atoms with Crippen molar-refractivity contribution in [3.63, 3.8) is 0 Å². The van der Waals surface area contributed by atoms with E-state index in [4.69, 9.17) is 4.74 Å². The van der Waals surface area contributed by atoms with E-state index in [0.29, 0.717) is 5.92 Å². The molecule has 0 amide bonds. The van der Waals surface area contributed by atoms with Crippen LogP contribution in [-0.4, -0.2) is 37.3 Å². The van der Waals surface area contributed by atoms with E-state index in [0.717, 1.165) is 43.7 Å². The molecule has 1 aliphatic carbocycles. The molecule has 1 fully saturated rings. The summed E-state index contributed by atoms with van der Waals surface area (Å²) < 4.78 is 5.35. The van der Waals surface area contributed by atoms with Gasteiger partial charge in [0.1, 0.15) is 5.75 Å². The van der Waals surface area contributed by atoms with Gasteiger partial charge in [-0.25, -0.2) is 0 Å². The number of hydrogen-bond acceptors (Lipinski definition) is 3. The van der Waals surface area contributed by atoms with Crippen LogP contribution in [0.3, 0.4) is 0 Å². The second kappa shape index (κ2) is 4.99. The van der Waals surface area contributed by atoms with Gasteiger partial charge in [-0.05, 0) is 68.6 Å². The first-order valence-electron chi connectivity index (χ1n) is 7.97. The van der Waals surface area contributed by atoms with Crippen molar-refractivity contribution < 1.29 is 9.84 Å². The molecule has 21 heavy (non-hydrogen) atoms. The highest BCUT2D eigenvalue weighted by molar-refractivity contribution is 5.45. The van der Waals surface area contributed by atoms with Crippen molar-refractivity contribution in [1.29, 1.82) is 0 Å². The molecular formula is C18H27NO2. The van der Waals surface area contributed by atoms with E-state index in [9.17, 15) is 5.11 Å². The lowest BCUT2D eigenvalue weighted by atomic mass is 9.65. The quantitative estimate of drug-likeness (QED) is 0.909. The van der Waals surface area contributed by atoms with Crippen molar-refractivity contribution in [2.24, 2.45) is 11.3 Å². The average Bonchev–Trinajstić information content (AvgIpc) is 2.66. The Morgan fingerprint density at radius 3 is 2.52 bits per heavy atom. The molecule has 0 spiro atoms. The van der Waals surface area contributed by atoms with Crippen LogP contribution in [0.4, 0.5) is 0 Å². The lowest BCUT2D eigenvalue weighted by Gasteiger charge is -2.46. The number of aliphatic hydroxyl groups is 1. The molecule has 1 heterocycles. The highest BCUT2D eigenvalue weighted by Crippen LogP contribution is 2.56. The number of benzene rings is 1. The average molecular weight is 289 g/mol.